The largest absolute Gasteiger partial charge is 0.381 e. The zero-order valence-corrected chi connectivity index (χ0v) is 14.2. The molecule has 0 spiro atoms. The van der Waals surface area contributed by atoms with Crippen LogP contribution in [-0.4, -0.2) is 41.0 Å². The fraction of sp³-hybridized carbons (Fsp3) is 0.625. The highest BCUT2D eigenvalue weighted by Gasteiger charge is 2.21. The number of para-hydroxylation sites is 1. The van der Waals surface area contributed by atoms with Crippen LogP contribution in [0.2, 0.25) is 0 Å². The van der Waals surface area contributed by atoms with Crippen LogP contribution in [0.5, 0.6) is 0 Å². The maximum absolute atomic E-state index is 12.3. The Labute approximate surface area is 133 Å². The van der Waals surface area contributed by atoms with E-state index in [4.69, 9.17) is 4.74 Å². The Morgan fingerprint density at radius 1 is 1.27 bits per heavy atom. The van der Waals surface area contributed by atoms with E-state index in [2.05, 4.69) is 16.5 Å². The summed E-state index contributed by atoms with van der Waals surface area (Å²) in [7, 11) is -1.24. The minimum Gasteiger partial charge on any atom is -0.381 e. The van der Waals surface area contributed by atoms with Gasteiger partial charge in [-0.2, -0.15) is 0 Å². The number of sulfonamides is 1. The Bertz CT molecular complexity index is 569. The number of nitrogens with zero attached hydrogens (tertiary/aromatic N) is 1. The van der Waals surface area contributed by atoms with Crippen LogP contribution in [0.25, 0.3) is 0 Å². The van der Waals surface area contributed by atoms with Gasteiger partial charge in [0.1, 0.15) is 0 Å². The molecule has 2 rings (SSSR count). The third-order valence-electron chi connectivity index (χ3n) is 4.16. The molecule has 1 N–H and O–H groups in total. The summed E-state index contributed by atoms with van der Waals surface area (Å²) < 4.78 is 32.5. The summed E-state index contributed by atoms with van der Waals surface area (Å²) in [6, 6.07) is 7.90. The third kappa shape index (κ3) is 4.97. The Hall–Kier alpha value is -1.11. The Kier molecular flexibility index (Phi) is 6.23. The number of nitrogens with one attached hydrogen (secondary N) is 1. The van der Waals surface area contributed by atoms with E-state index in [-0.39, 0.29) is 11.7 Å². The van der Waals surface area contributed by atoms with Gasteiger partial charge in [-0.1, -0.05) is 18.2 Å². The molecule has 0 saturated carbocycles. The van der Waals surface area contributed by atoms with Gasteiger partial charge in [-0.3, -0.25) is 0 Å². The van der Waals surface area contributed by atoms with Gasteiger partial charge < -0.3 is 9.64 Å². The van der Waals surface area contributed by atoms with Gasteiger partial charge in [0.2, 0.25) is 10.0 Å². The van der Waals surface area contributed by atoms with E-state index >= 15 is 0 Å². The molecule has 5 nitrogen and oxygen atoms in total. The second-order valence-corrected chi connectivity index (χ2v) is 7.65. The van der Waals surface area contributed by atoms with Gasteiger partial charge in [-0.15, -0.1) is 0 Å². The van der Waals surface area contributed by atoms with Crippen molar-refractivity contribution in [3.8, 4) is 0 Å². The third-order valence-corrected chi connectivity index (χ3v) is 5.65. The SMILES string of the molecule is CCN(C)c1ccccc1CNS(=O)(=O)CC1CCOCC1. The van der Waals surface area contributed by atoms with E-state index in [0.717, 1.165) is 30.6 Å². The zero-order chi connectivity index (χ0) is 16.0. The van der Waals surface area contributed by atoms with Crippen LogP contribution in [0.15, 0.2) is 24.3 Å². The fourth-order valence-electron chi connectivity index (χ4n) is 2.67. The van der Waals surface area contributed by atoms with E-state index in [1.807, 2.05) is 31.3 Å². The molecule has 0 radical (unpaired) electrons. The number of benzene rings is 1. The highest BCUT2D eigenvalue weighted by molar-refractivity contribution is 7.89. The molecule has 1 aliphatic heterocycles. The monoisotopic (exact) mass is 326 g/mol. The topological polar surface area (TPSA) is 58.6 Å². The van der Waals surface area contributed by atoms with Gasteiger partial charge >= 0.3 is 0 Å². The average Bonchev–Trinajstić information content (AvgIpc) is 2.53. The lowest BCUT2D eigenvalue weighted by Crippen LogP contribution is -2.32. The van der Waals surface area contributed by atoms with Crippen LogP contribution in [0, 0.1) is 5.92 Å². The van der Waals surface area contributed by atoms with E-state index < -0.39 is 10.0 Å². The standard InChI is InChI=1S/C16H26N2O3S/c1-3-18(2)16-7-5-4-6-15(16)12-17-22(19,20)13-14-8-10-21-11-9-14/h4-7,14,17H,3,8-13H2,1-2H3. The second kappa shape index (κ2) is 7.94. The predicted molar refractivity (Wildman–Crippen MR) is 89.6 cm³/mol. The van der Waals surface area contributed by atoms with E-state index in [0.29, 0.717) is 19.8 Å². The second-order valence-electron chi connectivity index (χ2n) is 5.80. The molecule has 0 amide bonds. The lowest BCUT2D eigenvalue weighted by atomic mass is 10.0. The first-order valence-corrected chi connectivity index (χ1v) is 9.51. The van der Waals surface area contributed by atoms with Crippen molar-refractivity contribution in [1.29, 1.82) is 0 Å². The summed E-state index contributed by atoms with van der Waals surface area (Å²) in [5.74, 6) is 0.405. The van der Waals surface area contributed by atoms with Crippen LogP contribution in [0.3, 0.4) is 0 Å². The summed E-state index contributed by atoms with van der Waals surface area (Å²) in [4.78, 5) is 2.11. The van der Waals surface area contributed by atoms with Gasteiger partial charge in [0.05, 0.1) is 5.75 Å². The molecule has 1 fully saturated rings. The molecule has 0 bridgehead atoms. The normalized spacial score (nSPS) is 16.6. The van der Waals surface area contributed by atoms with Crippen LogP contribution in [0.4, 0.5) is 5.69 Å². The molecule has 22 heavy (non-hydrogen) atoms. The van der Waals surface area contributed by atoms with Crippen molar-refractivity contribution in [2.24, 2.45) is 5.92 Å². The fourth-order valence-corrected chi connectivity index (χ4v) is 4.12. The summed E-state index contributed by atoms with van der Waals surface area (Å²) in [6.45, 7) is 4.64. The molecule has 124 valence electrons. The molecule has 0 atom stereocenters. The molecule has 1 aromatic carbocycles. The molecule has 1 heterocycles. The molecule has 0 unspecified atom stereocenters. The first kappa shape index (κ1) is 17.2. The molecule has 1 saturated heterocycles. The summed E-state index contributed by atoms with van der Waals surface area (Å²) in [5, 5.41) is 0. The Morgan fingerprint density at radius 3 is 2.64 bits per heavy atom. The number of ether oxygens (including phenoxy) is 1. The highest BCUT2D eigenvalue weighted by atomic mass is 32.2. The smallest absolute Gasteiger partial charge is 0.212 e. The van der Waals surface area contributed by atoms with Gasteiger partial charge in [0.15, 0.2) is 0 Å². The zero-order valence-electron chi connectivity index (χ0n) is 13.4. The number of hydrogen-bond acceptors (Lipinski definition) is 4. The van der Waals surface area contributed by atoms with Gasteiger partial charge in [-0.25, -0.2) is 13.1 Å². The lowest BCUT2D eigenvalue weighted by molar-refractivity contribution is 0.0723. The Balaban J connectivity index is 1.96. The van der Waals surface area contributed by atoms with Crippen LogP contribution < -0.4 is 9.62 Å². The maximum atomic E-state index is 12.3. The van der Waals surface area contributed by atoms with Crippen LogP contribution >= 0.6 is 0 Å². The average molecular weight is 326 g/mol. The Morgan fingerprint density at radius 2 is 1.95 bits per heavy atom. The summed E-state index contributed by atoms with van der Waals surface area (Å²) in [5.41, 5.74) is 2.07. The van der Waals surface area contributed by atoms with Crippen LogP contribution in [-0.2, 0) is 21.3 Å². The highest BCUT2D eigenvalue weighted by Crippen LogP contribution is 2.20. The number of anilines is 1. The minimum absolute atomic E-state index is 0.197. The molecule has 1 aromatic rings. The van der Waals surface area contributed by atoms with Crippen molar-refractivity contribution in [3.05, 3.63) is 29.8 Å². The van der Waals surface area contributed by atoms with Crippen LogP contribution in [0.1, 0.15) is 25.3 Å². The van der Waals surface area contributed by atoms with Crippen molar-refractivity contribution in [1.82, 2.24) is 4.72 Å². The van der Waals surface area contributed by atoms with Gasteiger partial charge in [0.25, 0.3) is 0 Å². The van der Waals surface area contributed by atoms with Gasteiger partial charge in [0, 0.05) is 39.0 Å². The van der Waals surface area contributed by atoms with Crippen molar-refractivity contribution in [2.45, 2.75) is 26.3 Å². The van der Waals surface area contributed by atoms with E-state index in [1.165, 1.54) is 0 Å². The first-order chi connectivity index (χ1) is 10.5. The first-order valence-electron chi connectivity index (χ1n) is 7.86. The quantitative estimate of drug-likeness (QED) is 0.832. The summed E-state index contributed by atoms with van der Waals surface area (Å²) in [6.07, 6.45) is 1.66. The molecule has 0 aromatic heterocycles. The molecule has 1 aliphatic rings. The number of hydrogen-bond donors (Lipinski definition) is 1. The van der Waals surface area contributed by atoms with Crippen molar-refractivity contribution < 1.29 is 13.2 Å². The van der Waals surface area contributed by atoms with E-state index in [9.17, 15) is 8.42 Å². The summed E-state index contributed by atoms with van der Waals surface area (Å²) >= 11 is 0. The van der Waals surface area contributed by atoms with Gasteiger partial charge in [-0.05, 0) is 37.3 Å². The molecule has 6 heteroatoms. The maximum Gasteiger partial charge on any atom is 0.212 e. The van der Waals surface area contributed by atoms with E-state index in [1.54, 1.807) is 0 Å². The molecular formula is C16H26N2O3S. The van der Waals surface area contributed by atoms with Crippen molar-refractivity contribution >= 4 is 15.7 Å². The predicted octanol–water partition coefficient (Wildman–Crippen LogP) is 1.99. The van der Waals surface area contributed by atoms with Crippen molar-refractivity contribution in [2.75, 3.05) is 37.5 Å². The lowest BCUT2D eigenvalue weighted by Gasteiger charge is -2.23. The minimum atomic E-state index is -3.25. The van der Waals surface area contributed by atoms with Crippen molar-refractivity contribution in [3.63, 3.8) is 0 Å². The molecular weight excluding hydrogens is 300 g/mol. The number of rotatable bonds is 7. The molecule has 0 aliphatic carbocycles.